The van der Waals surface area contributed by atoms with Crippen LogP contribution >= 0.6 is 11.3 Å². The molecule has 0 radical (unpaired) electrons. The number of nitrogens with zero attached hydrogens (tertiary/aromatic N) is 4. The Morgan fingerprint density at radius 1 is 1.13 bits per heavy atom. The summed E-state index contributed by atoms with van der Waals surface area (Å²) in [6, 6.07) is 10.2. The number of nitrogens with one attached hydrogen (secondary N) is 1. The molecule has 164 valence electrons. The van der Waals surface area contributed by atoms with Crippen molar-refractivity contribution < 1.29 is 9.53 Å². The van der Waals surface area contributed by atoms with E-state index in [-0.39, 0.29) is 5.91 Å². The summed E-state index contributed by atoms with van der Waals surface area (Å²) in [5, 5.41) is 6.24. The predicted molar refractivity (Wildman–Crippen MR) is 124 cm³/mol. The van der Waals surface area contributed by atoms with E-state index in [1.54, 1.807) is 17.7 Å². The van der Waals surface area contributed by atoms with Crippen LogP contribution in [0, 0.1) is 0 Å². The van der Waals surface area contributed by atoms with Crippen molar-refractivity contribution in [3.63, 3.8) is 0 Å². The van der Waals surface area contributed by atoms with E-state index in [1.807, 2.05) is 12.1 Å². The second kappa shape index (κ2) is 10.7. The van der Waals surface area contributed by atoms with Crippen LogP contribution in [0.4, 0.5) is 5.82 Å². The van der Waals surface area contributed by atoms with Gasteiger partial charge in [0.15, 0.2) is 0 Å². The van der Waals surface area contributed by atoms with Gasteiger partial charge < -0.3 is 15.0 Å². The summed E-state index contributed by atoms with van der Waals surface area (Å²) < 4.78 is 5.67. The number of ether oxygens (including phenoxy) is 1. The summed E-state index contributed by atoms with van der Waals surface area (Å²) >= 11 is 1.64. The molecule has 1 aliphatic rings. The number of carbonyl (C=O) groups is 1. The van der Waals surface area contributed by atoms with Crippen molar-refractivity contribution in [2.24, 2.45) is 0 Å². The maximum Gasteiger partial charge on any atom is 0.234 e. The highest BCUT2D eigenvalue weighted by Crippen LogP contribution is 2.27. The number of piperazine rings is 1. The fourth-order valence-electron chi connectivity index (χ4n) is 3.80. The van der Waals surface area contributed by atoms with Gasteiger partial charge in [0.1, 0.15) is 17.0 Å². The average molecular weight is 440 g/mol. The number of benzene rings is 1. The lowest BCUT2D eigenvalue weighted by Gasteiger charge is -2.35. The zero-order chi connectivity index (χ0) is 21.5. The molecule has 1 aromatic carbocycles. The fraction of sp³-hybridized carbons (Fsp3) is 0.435. The Morgan fingerprint density at radius 3 is 2.74 bits per heavy atom. The number of amides is 1. The van der Waals surface area contributed by atoms with Gasteiger partial charge in [-0.25, -0.2) is 9.97 Å². The molecule has 0 saturated carbocycles. The number of carbonyl (C=O) groups excluding carboxylic acids is 1. The Kier molecular flexibility index (Phi) is 7.45. The van der Waals surface area contributed by atoms with Crippen molar-refractivity contribution in [3.05, 3.63) is 53.2 Å². The summed E-state index contributed by atoms with van der Waals surface area (Å²) in [7, 11) is 0. The highest BCUT2D eigenvalue weighted by molar-refractivity contribution is 7.16. The number of fused-ring (bicyclic) bond motifs is 1. The number of hydrogen-bond acceptors (Lipinski definition) is 7. The largest absolute Gasteiger partial charge is 0.377 e. The summed E-state index contributed by atoms with van der Waals surface area (Å²) in [5.74, 6) is 1.05. The Balaban J connectivity index is 1.25. The van der Waals surface area contributed by atoms with E-state index in [0.717, 1.165) is 66.4 Å². The van der Waals surface area contributed by atoms with Crippen LogP contribution in [0.15, 0.2) is 42.0 Å². The molecule has 1 aliphatic heterocycles. The summed E-state index contributed by atoms with van der Waals surface area (Å²) in [4.78, 5) is 26.9. The molecule has 1 amide bonds. The third-order valence-corrected chi connectivity index (χ3v) is 6.30. The van der Waals surface area contributed by atoms with Gasteiger partial charge in [-0.3, -0.25) is 9.69 Å². The topological polar surface area (TPSA) is 70.6 Å². The van der Waals surface area contributed by atoms with Crippen molar-refractivity contribution in [2.45, 2.75) is 26.5 Å². The van der Waals surface area contributed by atoms with E-state index >= 15 is 0 Å². The van der Waals surface area contributed by atoms with E-state index in [2.05, 4.69) is 55.6 Å². The first-order chi connectivity index (χ1) is 15.2. The lowest BCUT2D eigenvalue weighted by molar-refractivity contribution is -0.122. The van der Waals surface area contributed by atoms with Crippen LogP contribution in [0.2, 0.25) is 0 Å². The highest BCUT2D eigenvalue weighted by atomic mass is 32.1. The van der Waals surface area contributed by atoms with Gasteiger partial charge in [0.25, 0.3) is 0 Å². The molecule has 1 fully saturated rings. The SMILES string of the molecule is CCCOCc1ccccc1CNC(=O)CN1CCN(c2ncnc3sccc23)CC1. The molecule has 1 saturated heterocycles. The van der Waals surface area contributed by atoms with Crippen molar-refractivity contribution in [3.8, 4) is 0 Å². The number of thiophene rings is 1. The van der Waals surface area contributed by atoms with Crippen LogP contribution < -0.4 is 10.2 Å². The standard InChI is InChI=1S/C23H29N5O2S/c1-2-12-30-16-19-6-4-3-5-18(19)14-24-21(29)15-27-8-10-28(11-9-27)22-20-7-13-31-23(20)26-17-25-22/h3-7,13,17H,2,8-12,14-16H2,1H3,(H,24,29). The Labute approximate surface area is 187 Å². The first-order valence-electron chi connectivity index (χ1n) is 10.8. The van der Waals surface area contributed by atoms with Crippen LogP contribution in [0.25, 0.3) is 10.2 Å². The van der Waals surface area contributed by atoms with E-state index in [9.17, 15) is 4.79 Å². The van der Waals surface area contributed by atoms with Crippen LogP contribution in [0.3, 0.4) is 0 Å². The monoisotopic (exact) mass is 439 g/mol. The van der Waals surface area contributed by atoms with E-state index < -0.39 is 0 Å². The van der Waals surface area contributed by atoms with Gasteiger partial charge >= 0.3 is 0 Å². The van der Waals surface area contributed by atoms with Gasteiger partial charge in [0.05, 0.1) is 18.5 Å². The number of aromatic nitrogens is 2. The van der Waals surface area contributed by atoms with Gasteiger partial charge in [0.2, 0.25) is 5.91 Å². The maximum atomic E-state index is 12.5. The molecule has 0 spiro atoms. The minimum atomic E-state index is 0.0555. The van der Waals surface area contributed by atoms with Crippen LogP contribution in [0.1, 0.15) is 24.5 Å². The molecule has 2 aromatic heterocycles. The Bertz CT molecular complexity index is 1000. The van der Waals surface area contributed by atoms with Crippen LogP contribution in [0.5, 0.6) is 0 Å². The summed E-state index contributed by atoms with van der Waals surface area (Å²) in [6.07, 6.45) is 2.64. The van der Waals surface area contributed by atoms with Crippen molar-refractivity contribution in [1.29, 1.82) is 0 Å². The summed E-state index contributed by atoms with van der Waals surface area (Å²) in [5.41, 5.74) is 2.25. The smallest absolute Gasteiger partial charge is 0.234 e. The molecule has 31 heavy (non-hydrogen) atoms. The number of rotatable bonds is 9. The lowest BCUT2D eigenvalue weighted by Crippen LogP contribution is -2.49. The van der Waals surface area contributed by atoms with Gasteiger partial charge in [0, 0.05) is 39.3 Å². The molecular formula is C23H29N5O2S. The van der Waals surface area contributed by atoms with Crippen LogP contribution in [-0.2, 0) is 22.7 Å². The normalized spacial score (nSPS) is 14.8. The number of hydrogen-bond donors (Lipinski definition) is 1. The Morgan fingerprint density at radius 2 is 1.94 bits per heavy atom. The highest BCUT2D eigenvalue weighted by Gasteiger charge is 2.21. The molecule has 1 N–H and O–H groups in total. The minimum Gasteiger partial charge on any atom is -0.377 e. The van der Waals surface area contributed by atoms with Gasteiger partial charge in [-0.05, 0) is 29.0 Å². The van der Waals surface area contributed by atoms with E-state index in [1.165, 1.54) is 0 Å². The molecule has 3 heterocycles. The molecular weight excluding hydrogens is 410 g/mol. The molecule has 0 unspecified atom stereocenters. The first-order valence-corrected chi connectivity index (χ1v) is 11.7. The van der Waals surface area contributed by atoms with Crippen LogP contribution in [-0.4, -0.2) is 60.1 Å². The van der Waals surface area contributed by atoms with Crippen molar-refractivity contribution in [1.82, 2.24) is 20.2 Å². The van der Waals surface area contributed by atoms with E-state index in [4.69, 9.17) is 4.74 Å². The zero-order valence-corrected chi connectivity index (χ0v) is 18.7. The zero-order valence-electron chi connectivity index (χ0n) is 17.9. The maximum absolute atomic E-state index is 12.5. The van der Waals surface area contributed by atoms with Gasteiger partial charge in [-0.1, -0.05) is 31.2 Å². The third kappa shape index (κ3) is 5.58. The van der Waals surface area contributed by atoms with Gasteiger partial charge in [-0.15, -0.1) is 11.3 Å². The fourth-order valence-corrected chi connectivity index (χ4v) is 4.52. The Hall–Kier alpha value is -2.55. The summed E-state index contributed by atoms with van der Waals surface area (Å²) in [6.45, 7) is 7.76. The molecule has 4 rings (SSSR count). The average Bonchev–Trinajstić information content (AvgIpc) is 3.28. The third-order valence-electron chi connectivity index (χ3n) is 5.48. The van der Waals surface area contributed by atoms with Crippen molar-refractivity contribution >= 4 is 33.3 Å². The van der Waals surface area contributed by atoms with E-state index in [0.29, 0.717) is 19.7 Å². The molecule has 0 atom stereocenters. The van der Waals surface area contributed by atoms with Crippen molar-refractivity contribution in [2.75, 3.05) is 44.2 Å². The predicted octanol–water partition coefficient (Wildman–Crippen LogP) is 3.06. The lowest BCUT2D eigenvalue weighted by atomic mass is 10.1. The number of anilines is 1. The quantitative estimate of drug-likeness (QED) is 0.517. The second-order valence-electron chi connectivity index (χ2n) is 7.70. The molecule has 8 heteroatoms. The minimum absolute atomic E-state index is 0.0555. The molecule has 3 aromatic rings. The molecule has 0 aliphatic carbocycles. The van der Waals surface area contributed by atoms with Gasteiger partial charge in [-0.2, -0.15) is 0 Å². The molecule has 0 bridgehead atoms. The second-order valence-corrected chi connectivity index (χ2v) is 8.59. The first kappa shape index (κ1) is 21.7. The molecule has 7 nitrogen and oxygen atoms in total.